The molecule has 0 atom stereocenters. The fraction of sp³-hybridized carbons (Fsp3) is 0.235. The van der Waals surface area contributed by atoms with E-state index >= 15 is 0 Å². The topological polar surface area (TPSA) is 88.0 Å². The van der Waals surface area contributed by atoms with Gasteiger partial charge in [0.1, 0.15) is 0 Å². The van der Waals surface area contributed by atoms with Crippen LogP contribution < -0.4 is 9.57 Å². The summed E-state index contributed by atoms with van der Waals surface area (Å²) in [7, 11) is -2.33. The normalized spacial score (nSPS) is 11.8. The number of hydrazone groups is 1. The number of rotatable bonds is 6. The number of hydrogen-bond donors (Lipinski definition) is 2. The summed E-state index contributed by atoms with van der Waals surface area (Å²) in [4.78, 5) is 2.25. The number of aromatic hydroxyl groups is 1. The van der Waals surface area contributed by atoms with Gasteiger partial charge in [0.15, 0.2) is 11.5 Å². The molecule has 0 saturated carbocycles. The van der Waals surface area contributed by atoms with Crippen LogP contribution in [-0.2, 0) is 10.0 Å². The maximum atomic E-state index is 12.2. The molecule has 2 N–H and O–H groups in total. The molecule has 0 unspecified atom stereocenters. The van der Waals surface area contributed by atoms with Crippen LogP contribution in [0.4, 0.5) is 0 Å². The number of hydrogen-bond acceptors (Lipinski definition) is 5. The highest BCUT2D eigenvalue weighted by Crippen LogP contribution is 2.28. The molecule has 0 fully saturated rings. The van der Waals surface area contributed by atoms with Crippen molar-refractivity contribution in [3.8, 4) is 11.5 Å². The Morgan fingerprint density at radius 3 is 2.42 bits per heavy atom. The van der Waals surface area contributed by atoms with Crippen LogP contribution in [0.2, 0.25) is 0 Å². The molecule has 7 heteroatoms. The number of nitrogens with zero attached hydrogens (tertiary/aromatic N) is 1. The van der Waals surface area contributed by atoms with Crippen molar-refractivity contribution in [3.05, 3.63) is 53.6 Å². The first-order valence-corrected chi connectivity index (χ1v) is 8.84. The van der Waals surface area contributed by atoms with E-state index in [9.17, 15) is 13.5 Å². The summed E-state index contributed by atoms with van der Waals surface area (Å²) in [6.45, 7) is 4.07. The van der Waals surface area contributed by atoms with Crippen LogP contribution in [0, 0.1) is 0 Å². The highest BCUT2D eigenvalue weighted by molar-refractivity contribution is 7.89. The Morgan fingerprint density at radius 2 is 1.83 bits per heavy atom. The second-order valence-corrected chi connectivity index (χ2v) is 7.14. The highest BCUT2D eigenvalue weighted by atomic mass is 32.2. The van der Waals surface area contributed by atoms with Gasteiger partial charge in [-0.25, -0.2) is 4.83 Å². The Bertz CT molecular complexity index is 828. The third-order valence-corrected chi connectivity index (χ3v) is 4.72. The molecule has 0 aliphatic rings. The van der Waals surface area contributed by atoms with E-state index in [1.807, 2.05) is 13.8 Å². The SMILES string of the molecule is COc1cccc(C=NNS(=O)(=O)c2ccc(C(C)C)cc2)c1O. The fourth-order valence-electron chi connectivity index (χ4n) is 2.06. The smallest absolute Gasteiger partial charge is 0.276 e. The van der Waals surface area contributed by atoms with Crippen molar-refractivity contribution in [1.29, 1.82) is 0 Å². The zero-order chi connectivity index (χ0) is 17.7. The number of nitrogens with one attached hydrogen (secondary N) is 1. The zero-order valence-electron chi connectivity index (χ0n) is 13.7. The van der Waals surface area contributed by atoms with Crippen molar-refractivity contribution in [3.63, 3.8) is 0 Å². The maximum Gasteiger partial charge on any atom is 0.276 e. The summed E-state index contributed by atoms with van der Waals surface area (Å²) in [5.74, 6) is 0.499. The predicted octanol–water partition coefficient (Wildman–Crippen LogP) is 2.84. The lowest BCUT2D eigenvalue weighted by Crippen LogP contribution is -2.18. The van der Waals surface area contributed by atoms with Gasteiger partial charge >= 0.3 is 0 Å². The van der Waals surface area contributed by atoms with Crippen molar-refractivity contribution in [2.45, 2.75) is 24.7 Å². The first-order chi connectivity index (χ1) is 11.3. The van der Waals surface area contributed by atoms with Gasteiger partial charge in [-0.1, -0.05) is 32.0 Å². The van der Waals surface area contributed by atoms with E-state index in [1.165, 1.54) is 25.5 Å². The van der Waals surface area contributed by atoms with Gasteiger partial charge in [0.05, 0.1) is 18.2 Å². The van der Waals surface area contributed by atoms with Crippen LogP contribution >= 0.6 is 0 Å². The number of phenolic OH excluding ortho intramolecular Hbond substituents is 1. The van der Waals surface area contributed by atoms with Gasteiger partial charge in [-0.3, -0.25) is 0 Å². The van der Waals surface area contributed by atoms with E-state index in [0.29, 0.717) is 11.5 Å². The molecule has 0 saturated heterocycles. The standard InChI is InChI=1S/C17H20N2O4S/c1-12(2)13-7-9-15(10-8-13)24(21,22)19-18-11-14-5-4-6-16(23-3)17(14)20/h4-12,19-20H,1-3H3. The Morgan fingerprint density at radius 1 is 1.17 bits per heavy atom. The quantitative estimate of drug-likeness (QED) is 0.621. The summed E-state index contributed by atoms with van der Waals surface area (Å²) in [6.07, 6.45) is 1.22. The van der Waals surface area contributed by atoms with E-state index in [1.54, 1.807) is 30.3 Å². The molecule has 2 rings (SSSR count). The lowest BCUT2D eigenvalue weighted by Gasteiger charge is -2.08. The average molecular weight is 348 g/mol. The Hall–Kier alpha value is -2.54. The molecule has 24 heavy (non-hydrogen) atoms. The fourth-order valence-corrected chi connectivity index (χ4v) is 2.85. The molecule has 0 aliphatic heterocycles. The van der Waals surface area contributed by atoms with Crippen LogP contribution in [0.25, 0.3) is 0 Å². The van der Waals surface area contributed by atoms with E-state index in [0.717, 1.165) is 5.56 Å². The summed E-state index contributed by atoms with van der Waals surface area (Å²) in [5, 5.41) is 13.6. The van der Waals surface area contributed by atoms with E-state index in [2.05, 4.69) is 9.93 Å². The molecule has 0 radical (unpaired) electrons. The monoisotopic (exact) mass is 348 g/mol. The van der Waals surface area contributed by atoms with E-state index in [4.69, 9.17) is 4.74 Å². The van der Waals surface area contributed by atoms with Crippen LogP contribution in [0.15, 0.2) is 52.5 Å². The van der Waals surface area contributed by atoms with Gasteiger partial charge in [0.2, 0.25) is 0 Å². The van der Waals surface area contributed by atoms with Crippen LogP contribution in [-0.4, -0.2) is 26.8 Å². The minimum atomic E-state index is -3.76. The maximum absolute atomic E-state index is 12.2. The molecular weight excluding hydrogens is 328 g/mol. The Labute approximate surface area is 141 Å². The first-order valence-electron chi connectivity index (χ1n) is 7.36. The number of para-hydroxylation sites is 1. The van der Waals surface area contributed by atoms with Crippen molar-refractivity contribution >= 4 is 16.2 Å². The average Bonchev–Trinajstić information content (AvgIpc) is 2.56. The van der Waals surface area contributed by atoms with Crippen molar-refractivity contribution < 1.29 is 18.3 Å². The largest absolute Gasteiger partial charge is 0.504 e. The van der Waals surface area contributed by atoms with Gasteiger partial charge in [-0.15, -0.1) is 0 Å². The highest BCUT2D eigenvalue weighted by Gasteiger charge is 2.13. The molecule has 0 spiro atoms. The predicted molar refractivity (Wildman–Crippen MR) is 93.1 cm³/mol. The van der Waals surface area contributed by atoms with Crippen LogP contribution in [0.1, 0.15) is 30.9 Å². The van der Waals surface area contributed by atoms with Gasteiger partial charge in [0, 0.05) is 5.56 Å². The van der Waals surface area contributed by atoms with Gasteiger partial charge in [-0.2, -0.15) is 13.5 Å². The molecule has 0 aliphatic carbocycles. The second-order valence-electron chi connectivity index (χ2n) is 5.47. The lowest BCUT2D eigenvalue weighted by atomic mass is 10.0. The third kappa shape index (κ3) is 4.05. The number of benzene rings is 2. The van der Waals surface area contributed by atoms with Crippen molar-refractivity contribution in [2.75, 3.05) is 7.11 Å². The Balaban J connectivity index is 2.15. The molecular formula is C17H20N2O4S. The zero-order valence-corrected chi connectivity index (χ0v) is 14.5. The molecule has 2 aromatic carbocycles. The minimum absolute atomic E-state index is 0.107. The number of phenols is 1. The number of methoxy groups -OCH3 is 1. The molecule has 0 aromatic heterocycles. The molecule has 0 amide bonds. The minimum Gasteiger partial charge on any atom is -0.504 e. The molecule has 6 nitrogen and oxygen atoms in total. The molecule has 0 heterocycles. The summed E-state index contributed by atoms with van der Waals surface area (Å²) < 4.78 is 29.4. The molecule has 2 aromatic rings. The molecule has 128 valence electrons. The number of ether oxygens (including phenoxy) is 1. The summed E-state index contributed by atoms with van der Waals surface area (Å²) in [5.41, 5.74) is 1.39. The third-order valence-electron chi connectivity index (χ3n) is 3.48. The van der Waals surface area contributed by atoms with Crippen molar-refractivity contribution in [1.82, 2.24) is 4.83 Å². The van der Waals surface area contributed by atoms with Crippen LogP contribution in [0.3, 0.4) is 0 Å². The van der Waals surface area contributed by atoms with Crippen molar-refractivity contribution in [2.24, 2.45) is 5.10 Å². The Kier molecular flexibility index (Phi) is 5.46. The van der Waals surface area contributed by atoms with Gasteiger partial charge in [0.25, 0.3) is 10.0 Å². The van der Waals surface area contributed by atoms with E-state index < -0.39 is 10.0 Å². The second kappa shape index (κ2) is 7.35. The van der Waals surface area contributed by atoms with Crippen LogP contribution in [0.5, 0.6) is 11.5 Å². The van der Waals surface area contributed by atoms with Gasteiger partial charge in [-0.05, 0) is 35.7 Å². The van der Waals surface area contributed by atoms with Gasteiger partial charge < -0.3 is 9.84 Å². The number of sulfonamides is 1. The summed E-state index contributed by atoms with van der Waals surface area (Å²) >= 11 is 0. The summed E-state index contributed by atoms with van der Waals surface area (Å²) in [6, 6.07) is 11.5. The van der Waals surface area contributed by atoms with E-state index in [-0.39, 0.29) is 16.4 Å². The first kappa shape index (κ1) is 17.8. The lowest BCUT2D eigenvalue weighted by molar-refractivity contribution is 0.373. The molecule has 0 bridgehead atoms.